The first-order valence-electron chi connectivity index (χ1n) is 6.00. The third-order valence-electron chi connectivity index (χ3n) is 3.31. The molecule has 5 atom stereocenters. The molecule has 0 saturated carbocycles. The second-order valence-corrected chi connectivity index (χ2v) is 5.08. The minimum absolute atomic E-state index is 0.233. The van der Waals surface area contributed by atoms with Crippen LogP contribution in [0.1, 0.15) is 5.56 Å². The van der Waals surface area contributed by atoms with Crippen molar-refractivity contribution in [2.45, 2.75) is 36.6 Å². The lowest BCUT2D eigenvalue weighted by atomic mass is 10.0. The van der Waals surface area contributed by atoms with Crippen LogP contribution in [0.4, 0.5) is 0 Å². The van der Waals surface area contributed by atoms with E-state index in [0.29, 0.717) is 13.2 Å². The van der Waals surface area contributed by atoms with E-state index < -0.39 is 23.9 Å². The van der Waals surface area contributed by atoms with Gasteiger partial charge in [0.15, 0.2) is 6.29 Å². The second-order valence-electron chi connectivity index (χ2n) is 4.57. The fourth-order valence-electron chi connectivity index (χ4n) is 2.31. The molecule has 2 aliphatic heterocycles. The Kier molecular flexibility index (Phi) is 3.54. The monoisotopic (exact) mass is 270 g/mol. The van der Waals surface area contributed by atoms with Crippen molar-refractivity contribution in [2.75, 3.05) is 6.61 Å². The lowest BCUT2D eigenvalue weighted by molar-refractivity contribution is -0.182. The Morgan fingerprint density at radius 3 is 2.89 bits per heavy atom. The SMILES string of the molecule is O[C@@H]1[C@@H](Cl)[C@H]2OC[C@H](O2)[C@@H]1OCc1ccccc1. The summed E-state index contributed by atoms with van der Waals surface area (Å²) in [6, 6.07) is 9.80. The van der Waals surface area contributed by atoms with Crippen LogP contribution in [-0.2, 0) is 20.8 Å². The number of halogens is 1. The lowest BCUT2D eigenvalue weighted by Crippen LogP contribution is -2.52. The van der Waals surface area contributed by atoms with Crippen LogP contribution in [0.2, 0.25) is 0 Å². The Hall–Kier alpha value is -0.650. The molecule has 0 aliphatic carbocycles. The van der Waals surface area contributed by atoms with Crippen LogP contribution in [0.15, 0.2) is 30.3 Å². The number of alkyl halides is 1. The highest BCUT2D eigenvalue weighted by atomic mass is 35.5. The van der Waals surface area contributed by atoms with Gasteiger partial charge in [0.05, 0.1) is 13.2 Å². The third kappa shape index (κ3) is 2.27. The van der Waals surface area contributed by atoms with E-state index in [1.54, 1.807) is 0 Å². The van der Waals surface area contributed by atoms with E-state index in [4.69, 9.17) is 25.8 Å². The molecule has 0 unspecified atom stereocenters. The highest BCUT2D eigenvalue weighted by Crippen LogP contribution is 2.33. The molecule has 2 bridgehead atoms. The number of aliphatic hydroxyl groups excluding tert-OH is 1. The van der Waals surface area contributed by atoms with Crippen LogP contribution in [0.3, 0.4) is 0 Å². The molecule has 3 rings (SSSR count). The van der Waals surface area contributed by atoms with Crippen LogP contribution in [0.5, 0.6) is 0 Å². The molecule has 0 spiro atoms. The van der Waals surface area contributed by atoms with E-state index in [1.807, 2.05) is 30.3 Å². The Morgan fingerprint density at radius 2 is 2.11 bits per heavy atom. The van der Waals surface area contributed by atoms with E-state index in [-0.39, 0.29) is 6.10 Å². The Bertz CT molecular complexity index is 399. The molecule has 5 heteroatoms. The maximum Gasteiger partial charge on any atom is 0.177 e. The van der Waals surface area contributed by atoms with Crippen molar-refractivity contribution in [2.24, 2.45) is 0 Å². The summed E-state index contributed by atoms with van der Waals surface area (Å²) in [7, 11) is 0. The van der Waals surface area contributed by atoms with Crippen LogP contribution in [0.25, 0.3) is 0 Å². The predicted octanol–water partition coefficient (Wildman–Crippen LogP) is 1.30. The summed E-state index contributed by atoms with van der Waals surface area (Å²) >= 11 is 6.06. The molecule has 18 heavy (non-hydrogen) atoms. The highest BCUT2D eigenvalue weighted by Gasteiger charge is 2.50. The molecule has 1 N–H and O–H groups in total. The smallest absolute Gasteiger partial charge is 0.177 e. The van der Waals surface area contributed by atoms with Gasteiger partial charge in [-0.2, -0.15) is 0 Å². The molecule has 0 radical (unpaired) electrons. The Labute approximate surface area is 110 Å². The van der Waals surface area contributed by atoms with Crippen molar-refractivity contribution >= 4 is 11.6 Å². The summed E-state index contributed by atoms with van der Waals surface area (Å²) in [6.45, 7) is 0.848. The van der Waals surface area contributed by atoms with Crippen LogP contribution >= 0.6 is 11.6 Å². The molecule has 1 aromatic carbocycles. The van der Waals surface area contributed by atoms with Gasteiger partial charge in [-0.3, -0.25) is 0 Å². The number of fused-ring (bicyclic) bond motifs is 2. The van der Waals surface area contributed by atoms with Gasteiger partial charge in [-0.1, -0.05) is 30.3 Å². The first kappa shape index (κ1) is 12.4. The molecule has 2 heterocycles. The zero-order valence-corrected chi connectivity index (χ0v) is 10.5. The van der Waals surface area contributed by atoms with Crippen molar-refractivity contribution < 1.29 is 19.3 Å². The molecule has 2 aliphatic rings. The van der Waals surface area contributed by atoms with Gasteiger partial charge < -0.3 is 19.3 Å². The van der Waals surface area contributed by atoms with E-state index in [2.05, 4.69) is 0 Å². The van der Waals surface area contributed by atoms with Gasteiger partial charge in [0.1, 0.15) is 23.7 Å². The van der Waals surface area contributed by atoms with E-state index >= 15 is 0 Å². The van der Waals surface area contributed by atoms with Gasteiger partial charge in [-0.25, -0.2) is 0 Å². The van der Waals surface area contributed by atoms with Gasteiger partial charge in [-0.15, -0.1) is 11.6 Å². The van der Waals surface area contributed by atoms with Gasteiger partial charge in [0.25, 0.3) is 0 Å². The number of hydrogen-bond acceptors (Lipinski definition) is 4. The van der Waals surface area contributed by atoms with E-state index in [0.717, 1.165) is 5.56 Å². The van der Waals surface area contributed by atoms with Gasteiger partial charge >= 0.3 is 0 Å². The summed E-state index contributed by atoms with van der Waals surface area (Å²) in [6.07, 6.45) is -1.94. The number of hydrogen-bond donors (Lipinski definition) is 1. The fraction of sp³-hybridized carbons (Fsp3) is 0.538. The predicted molar refractivity (Wildman–Crippen MR) is 65.3 cm³/mol. The number of ether oxygens (including phenoxy) is 3. The minimum Gasteiger partial charge on any atom is -0.389 e. The molecular formula is C13H15ClO4. The first-order chi connectivity index (χ1) is 8.75. The average Bonchev–Trinajstić information content (AvgIpc) is 2.84. The number of rotatable bonds is 3. The normalized spacial score (nSPS) is 38.9. The van der Waals surface area contributed by atoms with Crippen molar-refractivity contribution in [3.8, 4) is 0 Å². The van der Waals surface area contributed by atoms with E-state index in [9.17, 15) is 5.11 Å². The van der Waals surface area contributed by atoms with Gasteiger partial charge in [-0.05, 0) is 5.56 Å². The number of benzene rings is 1. The summed E-state index contributed by atoms with van der Waals surface area (Å²) < 4.78 is 16.6. The molecular weight excluding hydrogens is 256 g/mol. The third-order valence-corrected chi connectivity index (χ3v) is 3.77. The minimum atomic E-state index is -0.762. The van der Waals surface area contributed by atoms with Gasteiger partial charge in [0, 0.05) is 0 Å². The maximum atomic E-state index is 10.1. The molecule has 4 nitrogen and oxygen atoms in total. The summed E-state index contributed by atoms with van der Waals surface area (Å²) in [5.74, 6) is 0. The first-order valence-corrected chi connectivity index (χ1v) is 6.44. The fourth-order valence-corrected chi connectivity index (χ4v) is 2.59. The van der Waals surface area contributed by atoms with Crippen LogP contribution in [0, 0.1) is 0 Å². The van der Waals surface area contributed by atoms with Crippen molar-refractivity contribution in [1.29, 1.82) is 0 Å². The highest BCUT2D eigenvalue weighted by molar-refractivity contribution is 6.21. The van der Waals surface area contributed by atoms with E-state index in [1.165, 1.54) is 0 Å². The van der Waals surface area contributed by atoms with Crippen molar-refractivity contribution in [3.63, 3.8) is 0 Å². The molecule has 1 aromatic rings. The van der Waals surface area contributed by atoms with Gasteiger partial charge in [0.2, 0.25) is 0 Å². The summed E-state index contributed by atoms with van der Waals surface area (Å²) in [4.78, 5) is 0. The maximum absolute atomic E-state index is 10.1. The second kappa shape index (κ2) is 5.15. The standard InChI is InChI=1S/C13H15ClO4/c14-10-11(15)12(9-7-17-13(10)18-9)16-6-8-4-2-1-3-5-8/h1-5,9-13,15H,6-7H2/t9-,10+,11+,12-,13-/m0/s1. The molecule has 98 valence electrons. The van der Waals surface area contributed by atoms with Crippen LogP contribution < -0.4 is 0 Å². The summed E-state index contributed by atoms with van der Waals surface area (Å²) in [5, 5.41) is 9.50. The zero-order chi connectivity index (χ0) is 12.5. The quantitative estimate of drug-likeness (QED) is 0.841. The Morgan fingerprint density at radius 1 is 1.33 bits per heavy atom. The largest absolute Gasteiger partial charge is 0.389 e. The molecule has 2 fully saturated rings. The van der Waals surface area contributed by atoms with Crippen molar-refractivity contribution in [3.05, 3.63) is 35.9 Å². The average molecular weight is 271 g/mol. The number of aliphatic hydroxyl groups is 1. The molecule has 2 saturated heterocycles. The zero-order valence-electron chi connectivity index (χ0n) is 9.74. The van der Waals surface area contributed by atoms with Crippen LogP contribution in [-0.4, -0.2) is 41.7 Å². The summed E-state index contributed by atoms with van der Waals surface area (Å²) in [5.41, 5.74) is 1.05. The molecule has 0 amide bonds. The lowest BCUT2D eigenvalue weighted by Gasteiger charge is -2.35. The topological polar surface area (TPSA) is 47.9 Å². The molecule has 0 aromatic heterocycles. The van der Waals surface area contributed by atoms with Crippen molar-refractivity contribution in [1.82, 2.24) is 0 Å². The Balaban J connectivity index is 1.65.